The van der Waals surface area contributed by atoms with Crippen LogP contribution in [0.5, 0.6) is 0 Å². The number of allylic oxidation sites excluding steroid dienone is 16. The van der Waals surface area contributed by atoms with Crippen LogP contribution in [0, 0.1) is 0 Å². The van der Waals surface area contributed by atoms with Gasteiger partial charge in [-0.1, -0.05) is 304 Å². The number of rotatable bonds is 64. The molecule has 0 rings (SSSR count). The largest absolute Gasteiger partial charge is 0.462 e. The van der Waals surface area contributed by atoms with Crippen LogP contribution in [-0.4, -0.2) is 37.2 Å². The predicted molar refractivity (Wildman–Crippen MR) is 357 cm³/mol. The number of hydrogen-bond acceptors (Lipinski definition) is 6. The molecule has 6 heteroatoms. The maximum Gasteiger partial charge on any atom is 0.306 e. The minimum Gasteiger partial charge on any atom is -0.462 e. The van der Waals surface area contributed by atoms with Crippen molar-refractivity contribution in [2.75, 3.05) is 13.2 Å². The topological polar surface area (TPSA) is 78.9 Å². The Morgan fingerprint density at radius 3 is 0.756 bits per heavy atom. The molecule has 0 saturated heterocycles. The van der Waals surface area contributed by atoms with Crippen LogP contribution in [0.25, 0.3) is 0 Å². The maximum atomic E-state index is 13.0. The molecule has 0 N–H and O–H groups in total. The van der Waals surface area contributed by atoms with Gasteiger partial charge in [0.1, 0.15) is 13.2 Å². The maximum absolute atomic E-state index is 13.0. The number of esters is 3. The molecule has 0 aliphatic rings. The van der Waals surface area contributed by atoms with Crippen molar-refractivity contribution < 1.29 is 28.6 Å². The lowest BCUT2D eigenvalue weighted by atomic mass is 10.0. The number of unbranched alkanes of at least 4 members (excludes halogenated alkanes) is 37. The first-order chi connectivity index (χ1) is 40.5. The van der Waals surface area contributed by atoms with Crippen LogP contribution in [-0.2, 0) is 28.6 Å². The van der Waals surface area contributed by atoms with E-state index in [9.17, 15) is 14.4 Å². The Labute approximate surface area is 508 Å². The molecule has 0 aromatic heterocycles. The predicted octanol–water partition coefficient (Wildman–Crippen LogP) is 24.4. The first-order valence-electron chi connectivity index (χ1n) is 35.2. The third-order valence-corrected chi connectivity index (χ3v) is 15.3. The van der Waals surface area contributed by atoms with Crippen molar-refractivity contribution in [1.29, 1.82) is 0 Å². The van der Waals surface area contributed by atoms with Crippen molar-refractivity contribution >= 4 is 17.9 Å². The molecule has 0 aromatic rings. The smallest absolute Gasteiger partial charge is 0.306 e. The fourth-order valence-electron chi connectivity index (χ4n) is 10.0. The highest BCUT2D eigenvalue weighted by Crippen LogP contribution is 2.17. The summed E-state index contributed by atoms with van der Waals surface area (Å²) in [6.45, 7) is 6.54. The van der Waals surface area contributed by atoms with Gasteiger partial charge in [-0.3, -0.25) is 14.4 Å². The molecule has 82 heavy (non-hydrogen) atoms. The minimum absolute atomic E-state index is 0.0830. The lowest BCUT2D eigenvalue weighted by Gasteiger charge is -2.18. The molecule has 0 aromatic carbocycles. The van der Waals surface area contributed by atoms with Crippen LogP contribution in [0.1, 0.15) is 348 Å². The van der Waals surface area contributed by atoms with Gasteiger partial charge < -0.3 is 14.2 Å². The van der Waals surface area contributed by atoms with Gasteiger partial charge in [0.2, 0.25) is 0 Å². The first-order valence-corrected chi connectivity index (χ1v) is 35.2. The van der Waals surface area contributed by atoms with E-state index in [0.717, 1.165) is 109 Å². The summed E-state index contributed by atoms with van der Waals surface area (Å²) < 4.78 is 17.0. The highest BCUT2D eigenvalue weighted by molar-refractivity contribution is 5.71. The van der Waals surface area contributed by atoms with Crippen LogP contribution < -0.4 is 0 Å². The lowest BCUT2D eigenvalue weighted by Crippen LogP contribution is -2.30. The molecular weight excluding hydrogens is 1010 g/mol. The van der Waals surface area contributed by atoms with Gasteiger partial charge in [-0.25, -0.2) is 0 Å². The second kappa shape index (κ2) is 69.8. The number of carbonyl (C=O) groups excluding carboxylic acids is 3. The van der Waals surface area contributed by atoms with Gasteiger partial charge in [-0.15, -0.1) is 0 Å². The molecule has 0 amide bonds. The van der Waals surface area contributed by atoms with Crippen molar-refractivity contribution in [3.8, 4) is 0 Å². The summed E-state index contributed by atoms with van der Waals surface area (Å²) in [5.41, 5.74) is 0. The highest BCUT2D eigenvalue weighted by atomic mass is 16.6. The Hall–Kier alpha value is -3.67. The van der Waals surface area contributed by atoms with E-state index in [1.807, 2.05) is 0 Å². The normalized spacial score (nSPS) is 12.7. The molecular formula is C76H132O6. The van der Waals surface area contributed by atoms with E-state index in [2.05, 4.69) is 118 Å². The molecule has 0 bridgehead atoms. The average Bonchev–Trinajstić information content (AvgIpc) is 3.48. The quantitative estimate of drug-likeness (QED) is 0.0261. The summed E-state index contributed by atoms with van der Waals surface area (Å²) in [5, 5.41) is 0. The monoisotopic (exact) mass is 1140 g/mol. The van der Waals surface area contributed by atoms with Gasteiger partial charge in [0.25, 0.3) is 0 Å². The van der Waals surface area contributed by atoms with Gasteiger partial charge in [-0.05, 0) is 122 Å². The van der Waals surface area contributed by atoms with Gasteiger partial charge in [0.05, 0.1) is 0 Å². The van der Waals surface area contributed by atoms with Gasteiger partial charge in [-0.2, -0.15) is 0 Å². The van der Waals surface area contributed by atoms with Gasteiger partial charge in [0, 0.05) is 19.3 Å². The zero-order valence-electron chi connectivity index (χ0n) is 54.2. The first kappa shape index (κ1) is 78.3. The van der Waals surface area contributed by atoms with E-state index in [0.29, 0.717) is 19.3 Å². The Bertz CT molecular complexity index is 1590. The van der Waals surface area contributed by atoms with E-state index in [4.69, 9.17) is 14.2 Å². The third-order valence-electron chi connectivity index (χ3n) is 15.3. The zero-order valence-corrected chi connectivity index (χ0v) is 54.2. The summed E-state index contributed by atoms with van der Waals surface area (Å²) in [4.78, 5) is 38.5. The molecule has 1 unspecified atom stereocenters. The van der Waals surface area contributed by atoms with E-state index < -0.39 is 6.10 Å². The number of hydrogen-bond donors (Lipinski definition) is 0. The Morgan fingerprint density at radius 2 is 0.476 bits per heavy atom. The van der Waals surface area contributed by atoms with Crippen molar-refractivity contribution in [2.45, 2.75) is 354 Å². The van der Waals surface area contributed by atoms with Gasteiger partial charge in [0.15, 0.2) is 6.10 Å². The zero-order chi connectivity index (χ0) is 59.2. The Morgan fingerprint density at radius 1 is 0.256 bits per heavy atom. The van der Waals surface area contributed by atoms with Gasteiger partial charge >= 0.3 is 17.9 Å². The number of ether oxygens (including phenoxy) is 3. The van der Waals surface area contributed by atoms with Crippen molar-refractivity contribution in [3.63, 3.8) is 0 Å². The van der Waals surface area contributed by atoms with Crippen LogP contribution in [0.4, 0.5) is 0 Å². The van der Waals surface area contributed by atoms with E-state index in [1.54, 1.807) is 0 Å². The van der Waals surface area contributed by atoms with Crippen LogP contribution in [0.15, 0.2) is 97.2 Å². The fourth-order valence-corrected chi connectivity index (χ4v) is 10.0. The molecule has 0 aliphatic carbocycles. The summed E-state index contributed by atoms with van der Waals surface area (Å²) in [6, 6.07) is 0. The molecule has 0 aliphatic heterocycles. The molecule has 0 radical (unpaired) electrons. The van der Waals surface area contributed by atoms with E-state index in [-0.39, 0.29) is 31.1 Å². The van der Waals surface area contributed by atoms with Crippen molar-refractivity contribution in [2.24, 2.45) is 0 Å². The molecule has 0 fully saturated rings. The van der Waals surface area contributed by atoms with Crippen LogP contribution >= 0.6 is 0 Å². The SMILES string of the molecule is CC/C=C\C/C=C\C/C=C\C/C=C\CCCCCCCCCCC(=O)OC(COC(=O)CCCCCCC/C=C\CCCCCCCCC)COC(=O)CCCCCCCCCCCCCC/C=C\C/C=C\C/C=C\CCCCCCC. The summed E-state index contributed by atoms with van der Waals surface area (Å²) in [5.74, 6) is -0.886. The van der Waals surface area contributed by atoms with Crippen molar-refractivity contribution in [3.05, 3.63) is 97.2 Å². The molecule has 0 heterocycles. The molecule has 0 spiro atoms. The van der Waals surface area contributed by atoms with E-state index >= 15 is 0 Å². The number of carbonyl (C=O) groups is 3. The fraction of sp³-hybridized carbons (Fsp3) is 0.750. The average molecular weight is 1140 g/mol. The molecule has 0 saturated carbocycles. The van der Waals surface area contributed by atoms with Crippen molar-refractivity contribution in [1.82, 2.24) is 0 Å². The Kier molecular flexibility index (Phi) is 66.7. The molecule has 1 atom stereocenters. The third kappa shape index (κ3) is 67.1. The van der Waals surface area contributed by atoms with Crippen LogP contribution in [0.3, 0.4) is 0 Å². The van der Waals surface area contributed by atoms with E-state index in [1.165, 1.54) is 199 Å². The second-order valence-electron chi connectivity index (χ2n) is 23.4. The Balaban J connectivity index is 4.35. The lowest BCUT2D eigenvalue weighted by molar-refractivity contribution is -0.167. The standard InChI is InChI=1S/C76H132O6/c1-4-7-10-13-16-19-22-25-28-31-33-35-36-37-38-39-40-42-43-45-48-51-54-57-60-63-66-69-75(78)81-72-73(71-80-74(77)68-65-62-59-56-53-50-47-30-27-24-21-18-15-12-9-6-3)82-76(79)70-67-64-61-58-55-52-49-46-44-41-34-32-29-26-23-20-17-14-11-8-5-2/h8,11,17,20,22,25-26,29-31,33-34,36-37,41,47,73H,4-7,9-10,12-16,18-19,21,23-24,27-28,32,35,38-40,42-46,48-72H2,1-3H3/b11-8-,20-17-,25-22-,29-26-,33-31-,37-36-,41-34-,47-30-. The van der Waals surface area contributed by atoms with Crippen LogP contribution in [0.2, 0.25) is 0 Å². The molecule has 6 nitrogen and oxygen atoms in total. The highest BCUT2D eigenvalue weighted by Gasteiger charge is 2.19. The summed E-state index contributed by atoms with van der Waals surface area (Å²) in [7, 11) is 0. The summed E-state index contributed by atoms with van der Waals surface area (Å²) in [6.07, 6.45) is 94.2. The second-order valence-corrected chi connectivity index (χ2v) is 23.4. The summed E-state index contributed by atoms with van der Waals surface area (Å²) >= 11 is 0. The minimum atomic E-state index is -0.789. The molecule has 472 valence electrons.